The molecule has 1 rings (SSSR count). The van der Waals surface area contributed by atoms with Crippen molar-refractivity contribution in [2.75, 3.05) is 57.4 Å². The predicted molar refractivity (Wildman–Crippen MR) is 505 cm³/mol. The van der Waals surface area contributed by atoms with Gasteiger partial charge in [0.2, 0.25) is 35.4 Å². The van der Waals surface area contributed by atoms with E-state index in [-0.39, 0.29) is 121 Å². The first-order chi connectivity index (χ1) is 60.1. The van der Waals surface area contributed by atoms with Crippen LogP contribution in [0, 0.1) is 0 Å². The van der Waals surface area contributed by atoms with E-state index in [1.807, 2.05) is 6.07 Å². The number of urea groups is 1. The Balaban J connectivity index is 3.89. The van der Waals surface area contributed by atoms with Crippen molar-refractivity contribution in [2.24, 2.45) is 0 Å². The molecule has 0 aliphatic rings. The van der Waals surface area contributed by atoms with E-state index in [9.17, 15) is 38.4 Å². The lowest BCUT2D eigenvalue weighted by Crippen LogP contribution is -2.60. The molecule has 732 valence electrons. The fourth-order valence-electron chi connectivity index (χ4n) is 13.4. The molecular formula is C96H174N12O18S. The van der Waals surface area contributed by atoms with E-state index in [2.05, 4.69) is 77.6 Å². The van der Waals surface area contributed by atoms with Gasteiger partial charge in [0, 0.05) is 57.2 Å². The van der Waals surface area contributed by atoms with Crippen LogP contribution in [0.3, 0.4) is 0 Å². The molecule has 12 N–H and O–H groups in total. The van der Waals surface area contributed by atoms with E-state index in [0.717, 1.165) is 44.9 Å². The Morgan fingerprint density at radius 1 is 0.307 bits per heavy atom. The fraction of sp³-hybridized carbons (Fsp3) is 0.812. The van der Waals surface area contributed by atoms with E-state index < -0.39 is 131 Å². The lowest BCUT2D eigenvalue weighted by atomic mass is 10.0. The Hall–Kier alpha value is -7.83. The van der Waals surface area contributed by atoms with Gasteiger partial charge in [0.1, 0.15) is 65.3 Å². The van der Waals surface area contributed by atoms with Crippen molar-refractivity contribution in [3.63, 3.8) is 0 Å². The minimum atomic E-state index is -1.49. The fourth-order valence-corrected chi connectivity index (χ4v) is 14.3. The van der Waals surface area contributed by atoms with Crippen LogP contribution in [0.15, 0.2) is 30.3 Å². The molecule has 1 aromatic rings. The molecular weight excluding hydrogens is 1640 g/mol. The second kappa shape index (κ2) is 69.2. The highest BCUT2D eigenvalue weighted by Crippen LogP contribution is 2.20. The molecule has 6 atom stereocenters. The molecule has 0 spiro atoms. The third kappa shape index (κ3) is 69.8. The molecule has 127 heavy (non-hydrogen) atoms. The Labute approximate surface area is 768 Å². The summed E-state index contributed by atoms with van der Waals surface area (Å²) >= 11 is 1.33. The van der Waals surface area contributed by atoms with Crippen LogP contribution >= 0.6 is 11.8 Å². The van der Waals surface area contributed by atoms with Gasteiger partial charge in [-0.25, -0.2) is 28.8 Å². The van der Waals surface area contributed by atoms with E-state index in [0.29, 0.717) is 43.5 Å². The van der Waals surface area contributed by atoms with Gasteiger partial charge >= 0.3 is 36.4 Å². The predicted octanol–water partition coefficient (Wildman–Crippen LogP) is 17.2. The number of carbonyl (C=O) groups excluding carboxylic acids is 12. The van der Waals surface area contributed by atoms with E-state index in [1.165, 1.54) is 134 Å². The number of thioether (sulfide) groups is 1. The summed E-state index contributed by atoms with van der Waals surface area (Å²) in [6.07, 6.45) is 31.2. The Kier molecular flexibility index (Phi) is 63.8. The standard InChI is InChI=1S/C96H174N12O18S/c1-18-20-22-24-26-28-30-32-34-36-38-40-42-51-63-97-87(116)98-68-69-127-72-79(103-80(109)62-46-41-39-37-35-33-31-29-27-25-23-21-19-2)85(114)108-78(71-122-92(3,4)5)84(113)106-75(59-48-53-65-100-89(118)124-94(9,10)11)82(111)104-74(58-47-52-64-99-88(117)123-93(6,7)8)81(110)105-76(60-49-54-66-101-90(119)125-95(12,13)14)83(112)107-77(86(115)121-70-73-56-44-43-45-57-73)61-50-55-67-102-91(120)126-96(15,16)17/h43-45,56-57,74-79H,18-42,46-55,58-72H2,1-17H3,(H,99,117)(H,100,118)(H,101,119)(H,102,120)(H,103,109)(H,104,111)(H,105,110)(H,106,113)(H,107,112)(H,108,114)(H2,97,98,116)/t74-,75-,76-,77-,78+,79-/m0/s1. The zero-order chi connectivity index (χ0) is 94.8. The van der Waals surface area contributed by atoms with Crippen LogP contribution in [0.1, 0.15) is 380 Å². The van der Waals surface area contributed by atoms with Gasteiger partial charge < -0.3 is 92.2 Å². The van der Waals surface area contributed by atoms with Crippen molar-refractivity contribution in [1.29, 1.82) is 0 Å². The van der Waals surface area contributed by atoms with Gasteiger partial charge in [0.25, 0.3) is 0 Å². The van der Waals surface area contributed by atoms with Gasteiger partial charge in [-0.3, -0.25) is 28.8 Å². The molecule has 30 nitrogen and oxygen atoms in total. The maximum atomic E-state index is 15.4. The van der Waals surface area contributed by atoms with Crippen molar-refractivity contribution in [3.05, 3.63) is 35.9 Å². The molecule has 0 saturated heterocycles. The van der Waals surface area contributed by atoms with Crippen LogP contribution < -0.4 is 63.8 Å². The van der Waals surface area contributed by atoms with Gasteiger partial charge in [0.15, 0.2) is 0 Å². The SMILES string of the molecule is CCCCCCCCCCCCCCCCNC(=O)NCCSC[C@H](NC(=O)CCCCCCCCCCCCCCC)C(=O)N[C@H](COC(C)(C)C)C(=O)N[C@@H](CCCCNC(=O)OC(C)(C)C)C(=O)N[C@@H](CCCCNC(=O)OC(C)(C)C)C(=O)N[C@@H](CCCCNC(=O)OC(C)(C)C)C(=O)N[C@@H](CCCCNC(=O)OC(C)(C)C)C(=O)OCc1ccccc1. The number of hydrogen-bond donors (Lipinski definition) is 12. The summed E-state index contributed by atoms with van der Waals surface area (Å²) in [5.41, 5.74) is -3.33. The van der Waals surface area contributed by atoms with Crippen LogP contribution in [-0.4, -0.2) is 193 Å². The van der Waals surface area contributed by atoms with E-state index in [4.69, 9.17) is 28.4 Å². The van der Waals surface area contributed by atoms with Crippen LogP contribution in [-0.2, 0) is 68.6 Å². The lowest BCUT2D eigenvalue weighted by molar-refractivity contribution is -0.149. The number of amides is 12. The number of hydrogen-bond acceptors (Lipinski definition) is 19. The highest BCUT2D eigenvalue weighted by molar-refractivity contribution is 7.99. The third-order valence-corrected chi connectivity index (χ3v) is 21.2. The number of rotatable bonds is 70. The van der Waals surface area contributed by atoms with E-state index >= 15 is 19.2 Å². The largest absolute Gasteiger partial charge is 0.459 e. The van der Waals surface area contributed by atoms with Gasteiger partial charge in [-0.2, -0.15) is 11.8 Å². The topological polar surface area (TPSA) is 405 Å². The molecule has 0 bridgehead atoms. The number of alkyl carbamates (subject to hydrolysis) is 4. The van der Waals surface area contributed by atoms with Gasteiger partial charge in [0.05, 0.1) is 12.2 Å². The Morgan fingerprint density at radius 3 is 0.953 bits per heavy atom. The minimum absolute atomic E-state index is 0.0403. The summed E-state index contributed by atoms with van der Waals surface area (Å²) in [6.45, 7) is 31.3. The Bertz CT molecular complexity index is 3210. The molecule has 0 aliphatic carbocycles. The van der Waals surface area contributed by atoms with Gasteiger partial charge in [-0.05, 0) is 199 Å². The summed E-state index contributed by atoms with van der Waals surface area (Å²) < 4.78 is 33.8. The minimum Gasteiger partial charge on any atom is -0.459 e. The number of carbonyl (C=O) groups is 12. The highest BCUT2D eigenvalue weighted by atomic mass is 32.2. The number of nitrogens with one attached hydrogen (secondary N) is 12. The van der Waals surface area contributed by atoms with E-state index in [1.54, 1.807) is 128 Å². The zero-order valence-electron chi connectivity index (χ0n) is 81.5. The summed E-state index contributed by atoms with van der Waals surface area (Å²) in [6, 6.07) is 0.380. The first kappa shape index (κ1) is 117. The molecule has 0 fully saturated rings. The quantitative estimate of drug-likeness (QED) is 0.0164. The molecule has 0 aliphatic heterocycles. The van der Waals surface area contributed by atoms with Crippen LogP contribution in [0.4, 0.5) is 24.0 Å². The van der Waals surface area contributed by atoms with Crippen molar-refractivity contribution >= 4 is 83.6 Å². The first-order valence-corrected chi connectivity index (χ1v) is 49.4. The molecule has 0 saturated carbocycles. The van der Waals surface area contributed by atoms with Crippen molar-refractivity contribution in [3.8, 4) is 0 Å². The lowest BCUT2D eigenvalue weighted by Gasteiger charge is -2.29. The average molecular weight is 1820 g/mol. The highest BCUT2D eigenvalue weighted by Gasteiger charge is 2.36. The summed E-state index contributed by atoms with van der Waals surface area (Å²) in [5, 5.41) is 33.9. The van der Waals surface area contributed by atoms with Crippen LogP contribution in [0.2, 0.25) is 0 Å². The van der Waals surface area contributed by atoms with Gasteiger partial charge in [-0.1, -0.05) is 205 Å². The van der Waals surface area contributed by atoms with Gasteiger partial charge in [-0.15, -0.1) is 0 Å². The summed E-state index contributed by atoms with van der Waals surface area (Å²) in [7, 11) is 0. The second-order valence-corrected chi connectivity index (χ2v) is 39.6. The first-order valence-electron chi connectivity index (χ1n) is 48.2. The third-order valence-electron chi connectivity index (χ3n) is 20.2. The maximum absolute atomic E-state index is 15.4. The summed E-state index contributed by atoms with van der Waals surface area (Å²) in [5.74, 6) is -4.76. The average Bonchev–Trinajstić information content (AvgIpc) is 0.855. The zero-order valence-corrected chi connectivity index (χ0v) is 82.3. The molecule has 0 radical (unpaired) electrons. The van der Waals surface area contributed by atoms with Crippen LogP contribution in [0.25, 0.3) is 0 Å². The van der Waals surface area contributed by atoms with Crippen molar-refractivity contribution in [1.82, 2.24) is 63.8 Å². The number of benzene rings is 1. The maximum Gasteiger partial charge on any atom is 0.407 e. The number of ether oxygens (including phenoxy) is 6. The van der Waals surface area contributed by atoms with Crippen molar-refractivity contribution in [2.45, 2.75) is 445 Å². The van der Waals surface area contributed by atoms with Crippen molar-refractivity contribution < 1.29 is 86.0 Å². The molecule has 31 heteroatoms. The molecule has 12 amide bonds. The molecule has 0 aromatic heterocycles. The number of esters is 1. The second-order valence-electron chi connectivity index (χ2n) is 38.5. The normalized spacial score (nSPS) is 13.2. The Morgan fingerprint density at radius 2 is 0.598 bits per heavy atom. The molecule has 0 heterocycles. The molecule has 1 aromatic carbocycles. The smallest absolute Gasteiger partial charge is 0.407 e. The monoisotopic (exact) mass is 1820 g/mol. The number of unbranched alkanes of at least 4 members (excludes halogenated alkanes) is 29. The molecule has 0 unspecified atom stereocenters. The summed E-state index contributed by atoms with van der Waals surface area (Å²) in [4.78, 5) is 168. The van der Waals surface area contributed by atoms with Crippen LogP contribution in [0.5, 0.6) is 0 Å².